The molecule has 0 N–H and O–H groups in total. The molecule has 0 aliphatic carbocycles. The average Bonchev–Trinajstić information content (AvgIpc) is 3.41. The van der Waals surface area contributed by atoms with E-state index >= 15 is 0 Å². The van der Waals surface area contributed by atoms with Crippen LogP contribution in [-0.4, -0.2) is 9.97 Å². The highest BCUT2D eigenvalue weighted by molar-refractivity contribution is 7.97. The number of thioether (sulfide) groups is 1. The van der Waals surface area contributed by atoms with Gasteiger partial charge in [0.2, 0.25) is 0 Å². The zero-order chi connectivity index (χ0) is 30.5. The number of benzene rings is 5. The standard InChI is InChI=1S/C42H28N2OS/c1-2-11-41-37(8-1)38-10-3-9-36(42(38)45-41)28-13-15-32-26-46-25-31-14-12-27(21-39(31)40(32)22-28)33-18-34(29-6-4-16-43-23-29)20-35(19-33)30-7-5-17-44-24-30/h1-24H,25-26H2. The molecule has 0 amide bonds. The van der Waals surface area contributed by atoms with E-state index in [9.17, 15) is 0 Å². The molecule has 1 aliphatic heterocycles. The van der Waals surface area contributed by atoms with E-state index in [0.29, 0.717) is 0 Å². The number of hydrogen-bond acceptors (Lipinski definition) is 4. The topological polar surface area (TPSA) is 38.9 Å². The Labute approximate surface area is 271 Å². The first-order chi connectivity index (χ1) is 22.8. The minimum absolute atomic E-state index is 0.922. The molecular formula is C42H28N2OS. The molecule has 3 nitrogen and oxygen atoms in total. The monoisotopic (exact) mass is 608 g/mol. The van der Waals surface area contributed by atoms with Crippen molar-refractivity contribution < 1.29 is 4.42 Å². The van der Waals surface area contributed by atoms with Crippen LogP contribution < -0.4 is 0 Å². The molecule has 0 radical (unpaired) electrons. The molecule has 0 unspecified atom stereocenters. The Morgan fingerprint density at radius 3 is 1.74 bits per heavy atom. The van der Waals surface area contributed by atoms with Crippen molar-refractivity contribution in [3.8, 4) is 55.6 Å². The lowest BCUT2D eigenvalue weighted by atomic mass is 9.89. The molecule has 0 fully saturated rings. The van der Waals surface area contributed by atoms with Gasteiger partial charge in [-0.3, -0.25) is 9.97 Å². The third-order valence-corrected chi connectivity index (χ3v) is 10.0. The highest BCUT2D eigenvalue weighted by Crippen LogP contribution is 2.43. The fourth-order valence-corrected chi connectivity index (χ4v) is 7.74. The van der Waals surface area contributed by atoms with E-state index in [0.717, 1.165) is 61.3 Å². The molecule has 0 bridgehead atoms. The van der Waals surface area contributed by atoms with Gasteiger partial charge in [-0.05, 0) is 98.6 Å². The molecule has 5 aromatic carbocycles. The molecule has 46 heavy (non-hydrogen) atoms. The molecular weight excluding hydrogens is 581 g/mol. The molecule has 218 valence electrons. The molecule has 3 aromatic heterocycles. The van der Waals surface area contributed by atoms with Gasteiger partial charge in [-0.1, -0.05) is 72.8 Å². The van der Waals surface area contributed by atoms with E-state index in [1.54, 1.807) is 0 Å². The minimum Gasteiger partial charge on any atom is -0.455 e. The van der Waals surface area contributed by atoms with Crippen molar-refractivity contribution >= 4 is 33.7 Å². The van der Waals surface area contributed by atoms with Gasteiger partial charge in [0.15, 0.2) is 0 Å². The summed E-state index contributed by atoms with van der Waals surface area (Å²) in [4.78, 5) is 8.80. The van der Waals surface area contributed by atoms with Gasteiger partial charge in [-0.15, -0.1) is 0 Å². The minimum atomic E-state index is 0.922. The lowest BCUT2D eigenvalue weighted by Crippen LogP contribution is -1.92. The third kappa shape index (κ3) is 4.70. The molecule has 0 spiro atoms. The lowest BCUT2D eigenvalue weighted by molar-refractivity contribution is 0.670. The third-order valence-electron chi connectivity index (χ3n) is 9.00. The predicted molar refractivity (Wildman–Crippen MR) is 191 cm³/mol. The molecule has 1 aliphatic rings. The number of rotatable bonds is 4. The van der Waals surface area contributed by atoms with Crippen molar-refractivity contribution in [1.29, 1.82) is 0 Å². The smallest absolute Gasteiger partial charge is 0.143 e. The SMILES string of the molecule is c1cncc(-c2cc(-c3cccnc3)cc(-c3ccc4c(c3)-c3cc(-c5cccc6c5oc5ccccc56)ccc3CSC4)c2)c1. The lowest BCUT2D eigenvalue weighted by Gasteiger charge is -2.15. The second-order valence-electron chi connectivity index (χ2n) is 11.8. The van der Waals surface area contributed by atoms with Crippen LogP contribution in [0.15, 0.2) is 151 Å². The Morgan fingerprint density at radius 1 is 0.457 bits per heavy atom. The zero-order valence-corrected chi connectivity index (χ0v) is 25.8. The summed E-state index contributed by atoms with van der Waals surface area (Å²) in [6.07, 6.45) is 7.50. The van der Waals surface area contributed by atoms with Crippen molar-refractivity contribution in [2.75, 3.05) is 0 Å². The Bertz CT molecular complexity index is 2340. The molecule has 0 atom stereocenters. The fourth-order valence-electron chi connectivity index (χ4n) is 6.69. The Morgan fingerprint density at radius 2 is 1.07 bits per heavy atom. The maximum Gasteiger partial charge on any atom is 0.143 e. The summed E-state index contributed by atoms with van der Waals surface area (Å²) >= 11 is 1.98. The number of fused-ring (bicyclic) bond motifs is 6. The molecule has 4 heterocycles. The average molecular weight is 609 g/mol. The van der Waals surface area contributed by atoms with Crippen LogP contribution in [-0.2, 0) is 11.5 Å². The highest BCUT2D eigenvalue weighted by Gasteiger charge is 2.19. The first-order valence-electron chi connectivity index (χ1n) is 15.5. The zero-order valence-electron chi connectivity index (χ0n) is 25.0. The van der Waals surface area contributed by atoms with Gasteiger partial charge in [0.25, 0.3) is 0 Å². The normalized spacial score (nSPS) is 12.5. The Hall–Kier alpha value is -5.45. The van der Waals surface area contributed by atoms with Crippen molar-refractivity contribution in [2.45, 2.75) is 11.5 Å². The number of furan rings is 1. The van der Waals surface area contributed by atoms with Crippen LogP contribution in [0.3, 0.4) is 0 Å². The van der Waals surface area contributed by atoms with E-state index in [-0.39, 0.29) is 0 Å². The van der Waals surface area contributed by atoms with Crippen LogP contribution in [0.4, 0.5) is 0 Å². The van der Waals surface area contributed by atoms with E-state index in [4.69, 9.17) is 4.42 Å². The summed E-state index contributed by atoms with van der Waals surface area (Å²) < 4.78 is 6.44. The largest absolute Gasteiger partial charge is 0.455 e. The summed E-state index contributed by atoms with van der Waals surface area (Å²) in [5, 5.41) is 2.30. The van der Waals surface area contributed by atoms with Crippen LogP contribution >= 0.6 is 11.8 Å². The van der Waals surface area contributed by atoms with Gasteiger partial charge in [-0.2, -0.15) is 11.8 Å². The predicted octanol–water partition coefficient (Wildman–Crippen LogP) is 11.5. The summed E-state index contributed by atoms with van der Waals surface area (Å²) in [5.41, 5.74) is 16.3. The molecule has 9 rings (SSSR count). The number of aromatic nitrogens is 2. The van der Waals surface area contributed by atoms with Gasteiger partial charge in [0.1, 0.15) is 11.2 Å². The van der Waals surface area contributed by atoms with Gasteiger partial charge in [0.05, 0.1) is 0 Å². The molecule has 4 heteroatoms. The second kappa shape index (κ2) is 11.2. The number of hydrogen-bond donors (Lipinski definition) is 0. The van der Waals surface area contributed by atoms with Crippen molar-refractivity contribution in [2.24, 2.45) is 0 Å². The molecule has 0 saturated carbocycles. The molecule has 0 saturated heterocycles. The van der Waals surface area contributed by atoms with Crippen LogP contribution in [0.5, 0.6) is 0 Å². The summed E-state index contributed by atoms with van der Waals surface area (Å²) in [6, 6.07) is 43.7. The van der Waals surface area contributed by atoms with Crippen LogP contribution in [0.2, 0.25) is 0 Å². The maximum absolute atomic E-state index is 6.44. The van der Waals surface area contributed by atoms with Gasteiger partial charge < -0.3 is 4.42 Å². The maximum atomic E-state index is 6.44. The van der Waals surface area contributed by atoms with E-state index in [1.807, 2.05) is 60.8 Å². The highest BCUT2D eigenvalue weighted by atomic mass is 32.2. The first-order valence-corrected chi connectivity index (χ1v) is 16.6. The summed E-state index contributed by atoms with van der Waals surface area (Å²) in [7, 11) is 0. The molecule has 8 aromatic rings. The van der Waals surface area contributed by atoms with Crippen molar-refractivity contribution in [3.63, 3.8) is 0 Å². The van der Waals surface area contributed by atoms with Gasteiger partial charge in [-0.25, -0.2) is 0 Å². The van der Waals surface area contributed by atoms with E-state index < -0.39 is 0 Å². The fraction of sp³-hybridized carbons (Fsp3) is 0.0476. The summed E-state index contributed by atoms with van der Waals surface area (Å²) in [6.45, 7) is 0. The van der Waals surface area contributed by atoms with Crippen LogP contribution in [0.25, 0.3) is 77.6 Å². The van der Waals surface area contributed by atoms with Gasteiger partial charge in [0, 0.05) is 63.8 Å². The number of nitrogens with zero attached hydrogens (tertiary/aromatic N) is 2. The second-order valence-corrected chi connectivity index (χ2v) is 12.8. The van der Waals surface area contributed by atoms with E-state index in [2.05, 4.69) is 107 Å². The first kappa shape index (κ1) is 26.9. The Balaban J connectivity index is 1.20. The summed E-state index contributed by atoms with van der Waals surface area (Å²) in [5.74, 6) is 1.96. The quantitative estimate of drug-likeness (QED) is 0.199. The van der Waals surface area contributed by atoms with Crippen molar-refractivity contribution in [1.82, 2.24) is 9.97 Å². The van der Waals surface area contributed by atoms with E-state index in [1.165, 1.54) is 38.9 Å². The van der Waals surface area contributed by atoms with Gasteiger partial charge >= 0.3 is 0 Å². The number of para-hydroxylation sites is 2. The van der Waals surface area contributed by atoms with Crippen molar-refractivity contribution in [3.05, 3.63) is 157 Å². The van der Waals surface area contributed by atoms with Crippen LogP contribution in [0, 0.1) is 0 Å². The van der Waals surface area contributed by atoms with Crippen LogP contribution in [0.1, 0.15) is 11.1 Å². The Kier molecular flexibility index (Phi) is 6.53. The number of pyridine rings is 2.